The van der Waals surface area contributed by atoms with Crippen molar-refractivity contribution in [1.82, 2.24) is 0 Å². The van der Waals surface area contributed by atoms with Gasteiger partial charge in [0.05, 0.1) is 0 Å². The van der Waals surface area contributed by atoms with Crippen LogP contribution in [0.4, 0.5) is 34.1 Å². The van der Waals surface area contributed by atoms with Gasteiger partial charge in [-0.05, 0) is 199 Å². The molecule has 0 fully saturated rings. The smallest absolute Gasteiger partial charge is 0.144 e. The third-order valence-corrected chi connectivity index (χ3v) is 18.1. The number of aryl methyl sites for hydroxylation is 4. The second-order valence-electron chi connectivity index (χ2n) is 28.5. The Labute approximate surface area is 508 Å². The van der Waals surface area contributed by atoms with Gasteiger partial charge in [0, 0.05) is 66.8 Å². The molecule has 0 bridgehead atoms. The van der Waals surface area contributed by atoms with Crippen molar-refractivity contribution < 1.29 is 8.83 Å². The maximum absolute atomic E-state index is 7.48. The first-order chi connectivity index (χ1) is 40.8. The molecule has 0 aliphatic rings. The van der Waals surface area contributed by atoms with Gasteiger partial charge in [0.1, 0.15) is 22.3 Å². The number of furan rings is 2. The van der Waals surface area contributed by atoms with Crippen molar-refractivity contribution in [3.05, 3.63) is 239 Å². The van der Waals surface area contributed by atoms with E-state index < -0.39 is 0 Å². The minimum Gasteiger partial charge on any atom is -0.455 e. The van der Waals surface area contributed by atoms with E-state index in [0.29, 0.717) is 0 Å². The van der Waals surface area contributed by atoms with Crippen molar-refractivity contribution in [3.63, 3.8) is 0 Å². The summed E-state index contributed by atoms with van der Waals surface area (Å²) in [5.74, 6) is 0. The van der Waals surface area contributed by atoms with E-state index in [9.17, 15) is 0 Å². The highest BCUT2D eigenvalue weighted by Crippen LogP contribution is 2.53. The second-order valence-corrected chi connectivity index (χ2v) is 28.5. The quantitative estimate of drug-likeness (QED) is 0.152. The predicted octanol–water partition coefficient (Wildman–Crippen LogP) is 24.5. The predicted molar refractivity (Wildman–Crippen MR) is 370 cm³/mol. The molecule has 0 N–H and O–H groups in total. The van der Waals surface area contributed by atoms with Gasteiger partial charge in [-0.25, -0.2) is 0 Å². The Morgan fingerprint density at radius 2 is 0.593 bits per heavy atom. The van der Waals surface area contributed by atoms with Gasteiger partial charge in [-0.1, -0.05) is 204 Å². The molecular weight excluding hydrogens is 1040 g/mol. The molecule has 0 saturated carbocycles. The van der Waals surface area contributed by atoms with E-state index in [1.54, 1.807) is 0 Å². The maximum atomic E-state index is 7.48. The highest BCUT2D eigenvalue weighted by atomic mass is 16.3. The Balaban J connectivity index is 1.05. The molecule has 2 aromatic heterocycles. The van der Waals surface area contributed by atoms with Crippen LogP contribution in [0.25, 0.3) is 87.7 Å². The van der Waals surface area contributed by atoms with Gasteiger partial charge in [-0.2, -0.15) is 0 Å². The van der Waals surface area contributed by atoms with E-state index in [1.165, 1.54) is 67.3 Å². The molecule has 0 spiro atoms. The lowest BCUT2D eigenvalue weighted by Gasteiger charge is -2.32. The third-order valence-electron chi connectivity index (χ3n) is 18.1. The molecule has 0 atom stereocenters. The van der Waals surface area contributed by atoms with Gasteiger partial charge in [0.15, 0.2) is 0 Å². The molecule has 4 heteroatoms. The van der Waals surface area contributed by atoms with Crippen molar-refractivity contribution >= 4 is 99.5 Å². The lowest BCUT2D eigenvalue weighted by molar-refractivity contribution is 0.589. The summed E-state index contributed by atoms with van der Waals surface area (Å²) < 4.78 is 15.0. The van der Waals surface area contributed by atoms with Crippen LogP contribution >= 0.6 is 0 Å². The van der Waals surface area contributed by atoms with Crippen molar-refractivity contribution in [3.8, 4) is 22.3 Å². The standard InChI is InChI=1S/C82H80N2O2/c1-49-27-33-59(79(5,6)7)45-67(49)83(68-46-60(80(8,9)10)34-28-50(68)2)63-37-31-55-41-65-71(43-57(55)39-63)85-77-74(54-25-21-18-22-26-54)76-66-42-56-32-38-64(40-58(56)44-72(66)86-78(76)73(75(65)77)53-23-19-17-20-24-53)84(69-47-61(81(11,12)13)35-29-51(69)3)70-48-62(82(14,15)16)36-30-52(70)4/h17-48H,1-16H3. The van der Waals surface area contributed by atoms with Crippen LogP contribution in [0.2, 0.25) is 0 Å². The van der Waals surface area contributed by atoms with Crippen LogP contribution in [-0.2, 0) is 21.7 Å². The van der Waals surface area contributed by atoms with Crippen LogP contribution in [-0.4, -0.2) is 0 Å². The summed E-state index contributed by atoms with van der Waals surface area (Å²) >= 11 is 0. The second kappa shape index (κ2) is 20.4. The number of anilines is 6. The molecule has 430 valence electrons. The Morgan fingerprint density at radius 1 is 0.291 bits per heavy atom. The van der Waals surface area contributed by atoms with Gasteiger partial charge < -0.3 is 18.6 Å². The average molecular weight is 1130 g/mol. The largest absolute Gasteiger partial charge is 0.455 e. The molecule has 0 amide bonds. The minimum absolute atomic E-state index is 0.0316. The van der Waals surface area contributed by atoms with Crippen LogP contribution < -0.4 is 9.80 Å². The number of fused-ring (bicyclic) bond motifs is 8. The van der Waals surface area contributed by atoms with Crippen LogP contribution in [0.1, 0.15) is 128 Å². The average Bonchev–Trinajstić information content (AvgIpc) is 1.54. The minimum atomic E-state index is -0.0316. The summed E-state index contributed by atoms with van der Waals surface area (Å²) in [5.41, 5.74) is 24.3. The summed E-state index contributed by atoms with van der Waals surface area (Å²) in [6, 6.07) is 72.6. The molecular formula is C82H80N2O2. The monoisotopic (exact) mass is 1120 g/mol. The molecule has 11 aromatic carbocycles. The fourth-order valence-electron chi connectivity index (χ4n) is 12.9. The Bertz CT molecular complexity index is 4400. The fraction of sp³-hybridized carbons (Fsp3) is 0.244. The van der Waals surface area contributed by atoms with Crippen LogP contribution in [0, 0.1) is 27.7 Å². The molecule has 0 aliphatic carbocycles. The first-order valence-electron chi connectivity index (χ1n) is 30.7. The normalized spacial score (nSPS) is 12.7. The van der Waals surface area contributed by atoms with Gasteiger partial charge in [0.2, 0.25) is 0 Å². The van der Waals surface area contributed by atoms with Gasteiger partial charge >= 0.3 is 0 Å². The molecule has 4 nitrogen and oxygen atoms in total. The number of hydrogen-bond acceptors (Lipinski definition) is 4. The SMILES string of the molecule is Cc1ccc(C(C)(C)C)cc1N(c1ccc2cc3c(cc2c1)oc1c(-c2ccccc2)c2c(oc4cc5cc(N(c6cc(C(C)(C)C)ccc6C)c6cc(C(C)(C)C)ccc6C)ccc5cc42)c(-c2ccccc2)c13)c1cc(C(C)(C)C)ccc1C. The zero-order valence-electron chi connectivity index (χ0n) is 53.2. The van der Waals surface area contributed by atoms with Gasteiger partial charge in [-0.15, -0.1) is 0 Å². The van der Waals surface area contributed by atoms with Crippen molar-refractivity contribution in [2.45, 2.75) is 132 Å². The van der Waals surface area contributed by atoms with Crippen LogP contribution in [0.15, 0.2) is 203 Å². The van der Waals surface area contributed by atoms with E-state index in [1.807, 2.05) is 0 Å². The summed E-state index contributed by atoms with van der Waals surface area (Å²) in [6.07, 6.45) is 0. The Morgan fingerprint density at radius 3 is 0.884 bits per heavy atom. The van der Waals surface area contributed by atoms with Gasteiger partial charge in [0.25, 0.3) is 0 Å². The summed E-state index contributed by atoms with van der Waals surface area (Å²) in [6.45, 7) is 36.5. The first-order valence-corrected chi connectivity index (χ1v) is 30.7. The highest BCUT2D eigenvalue weighted by Gasteiger charge is 2.30. The molecule has 13 aromatic rings. The van der Waals surface area contributed by atoms with Crippen molar-refractivity contribution in [2.24, 2.45) is 0 Å². The third kappa shape index (κ3) is 9.81. The number of rotatable bonds is 8. The zero-order chi connectivity index (χ0) is 60.5. The summed E-state index contributed by atoms with van der Waals surface area (Å²) in [4.78, 5) is 4.97. The van der Waals surface area contributed by atoms with E-state index in [2.05, 4.69) is 315 Å². The van der Waals surface area contributed by atoms with Crippen molar-refractivity contribution in [1.29, 1.82) is 0 Å². The number of hydrogen-bond donors (Lipinski definition) is 0. The molecule has 0 radical (unpaired) electrons. The van der Waals surface area contributed by atoms with Crippen molar-refractivity contribution in [2.75, 3.05) is 9.80 Å². The van der Waals surface area contributed by atoms with Gasteiger partial charge in [-0.3, -0.25) is 0 Å². The van der Waals surface area contributed by atoms with Crippen LogP contribution in [0.3, 0.4) is 0 Å². The molecule has 0 saturated heterocycles. The van der Waals surface area contributed by atoms with E-state index in [4.69, 9.17) is 8.83 Å². The Hall–Kier alpha value is -8.86. The Kier molecular flexibility index (Phi) is 13.4. The van der Waals surface area contributed by atoms with E-state index in [0.717, 1.165) is 99.1 Å². The molecule has 13 rings (SSSR count). The molecule has 0 aliphatic heterocycles. The van der Waals surface area contributed by atoms with E-state index in [-0.39, 0.29) is 21.7 Å². The lowest BCUT2D eigenvalue weighted by atomic mass is 9.85. The van der Waals surface area contributed by atoms with Crippen LogP contribution in [0.5, 0.6) is 0 Å². The summed E-state index contributed by atoms with van der Waals surface area (Å²) in [5, 5.41) is 8.63. The first kappa shape index (κ1) is 56.3. The zero-order valence-corrected chi connectivity index (χ0v) is 53.2. The topological polar surface area (TPSA) is 32.8 Å². The summed E-state index contributed by atoms with van der Waals surface area (Å²) in [7, 11) is 0. The molecule has 86 heavy (non-hydrogen) atoms. The lowest BCUT2D eigenvalue weighted by Crippen LogP contribution is -2.18. The fourth-order valence-corrected chi connectivity index (χ4v) is 12.9. The maximum Gasteiger partial charge on any atom is 0.144 e. The number of benzene rings is 11. The molecule has 0 unspecified atom stereocenters. The highest BCUT2D eigenvalue weighted by molar-refractivity contribution is 6.31. The van der Waals surface area contributed by atoms with E-state index >= 15 is 0 Å². The molecule has 2 heterocycles. The number of nitrogens with zero attached hydrogens (tertiary/aromatic N) is 2.